The average molecular weight is 355 g/mol. The number of nitrogens with zero attached hydrogens (tertiary/aromatic N) is 4. The molecule has 1 aromatic heterocycles. The van der Waals surface area contributed by atoms with Crippen LogP contribution in [-0.4, -0.2) is 27.3 Å². The Morgan fingerprint density at radius 3 is 2.73 bits per heavy atom. The molecule has 140 valence electrons. The van der Waals surface area contributed by atoms with Crippen LogP contribution in [0.15, 0.2) is 29.3 Å². The van der Waals surface area contributed by atoms with Crippen LogP contribution in [0.1, 0.15) is 55.9 Å². The van der Waals surface area contributed by atoms with E-state index in [0.29, 0.717) is 13.1 Å². The molecule has 0 amide bonds. The van der Waals surface area contributed by atoms with Gasteiger partial charge in [0.1, 0.15) is 5.82 Å². The molecule has 0 saturated heterocycles. The van der Waals surface area contributed by atoms with Crippen LogP contribution in [-0.2, 0) is 32.5 Å². The van der Waals surface area contributed by atoms with E-state index in [4.69, 9.17) is 4.99 Å². The Morgan fingerprint density at radius 2 is 1.92 bits per heavy atom. The topological polar surface area (TPSA) is 67.1 Å². The number of aryl methyl sites for hydroxylation is 2. The fourth-order valence-electron chi connectivity index (χ4n) is 3.40. The summed E-state index contributed by atoms with van der Waals surface area (Å²) < 4.78 is 2.27. The molecule has 0 spiro atoms. The molecule has 2 N–H and O–H groups in total. The second-order valence-corrected chi connectivity index (χ2v) is 6.67. The second-order valence-electron chi connectivity index (χ2n) is 6.67. The van der Waals surface area contributed by atoms with Gasteiger partial charge in [0, 0.05) is 19.5 Å². The number of aromatic nitrogens is 3. The Balaban J connectivity index is 1.66. The Bertz CT molecular complexity index is 734. The molecule has 3 rings (SSSR count). The lowest BCUT2D eigenvalue weighted by Gasteiger charge is -2.13. The van der Waals surface area contributed by atoms with Gasteiger partial charge in [0.2, 0.25) is 0 Å². The molecule has 0 saturated carbocycles. The molecule has 6 heteroatoms. The highest BCUT2D eigenvalue weighted by Crippen LogP contribution is 2.14. The fraction of sp³-hybridized carbons (Fsp3) is 0.550. The zero-order valence-corrected chi connectivity index (χ0v) is 16.0. The van der Waals surface area contributed by atoms with Crippen LogP contribution in [0.25, 0.3) is 0 Å². The van der Waals surface area contributed by atoms with E-state index in [0.717, 1.165) is 43.5 Å². The largest absolute Gasteiger partial charge is 0.357 e. The smallest absolute Gasteiger partial charge is 0.191 e. The van der Waals surface area contributed by atoms with Crippen molar-refractivity contribution in [3.63, 3.8) is 0 Å². The Labute approximate surface area is 156 Å². The van der Waals surface area contributed by atoms with Crippen LogP contribution >= 0.6 is 0 Å². The molecule has 0 radical (unpaired) electrons. The highest BCUT2D eigenvalue weighted by Gasteiger charge is 2.14. The van der Waals surface area contributed by atoms with Crippen molar-refractivity contribution in [3.05, 3.63) is 47.0 Å². The van der Waals surface area contributed by atoms with Crippen LogP contribution in [0.2, 0.25) is 0 Å². The maximum Gasteiger partial charge on any atom is 0.191 e. The number of benzene rings is 1. The molecule has 1 aromatic carbocycles. The van der Waals surface area contributed by atoms with E-state index >= 15 is 0 Å². The number of hydrogen-bond donors (Lipinski definition) is 2. The molecule has 0 fully saturated rings. The van der Waals surface area contributed by atoms with Gasteiger partial charge >= 0.3 is 0 Å². The van der Waals surface area contributed by atoms with E-state index in [1.54, 1.807) is 0 Å². The third kappa shape index (κ3) is 4.62. The van der Waals surface area contributed by atoms with Crippen molar-refractivity contribution in [2.75, 3.05) is 6.54 Å². The van der Waals surface area contributed by atoms with Crippen molar-refractivity contribution >= 4 is 5.96 Å². The zero-order valence-electron chi connectivity index (χ0n) is 16.0. The SMILES string of the molecule is CCNC(=NCc1ccccc1CC)NCc1nnc2n1CCCCC2. The third-order valence-corrected chi connectivity index (χ3v) is 4.85. The average Bonchev–Trinajstić information content (AvgIpc) is 2.90. The molecule has 2 aromatic rings. The highest BCUT2D eigenvalue weighted by molar-refractivity contribution is 5.79. The quantitative estimate of drug-likeness (QED) is 0.618. The van der Waals surface area contributed by atoms with Gasteiger partial charge in [-0.05, 0) is 37.3 Å². The highest BCUT2D eigenvalue weighted by atomic mass is 15.3. The fourth-order valence-corrected chi connectivity index (χ4v) is 3.40. The molecule has 2 heterocycles. The molecular formula is C20H30N6. The van der Waals surface area contributed by atoms with Gasteiger partial charge < -0.3 is 15.2 Å². The third-order valence-electron chi connectivity index (χ3n) is 4.85. The first-order chi connectivity index (χ1) is 12.8. The first-order valence-electron chi connectivity index (χ1n) is 9.81. The Morgan fingerprint density at radius 1 is 1.08 bits per heavy atom. The van der Waals surface area contributed by atoms with E-state index in [9.17, 15) is 0 Å². The van der Waals surface area contributed by atoms with Crippen molar-refractivity contribution in [1.29, 1.82) is 0 Å². The van der Waals surface area contributed by atoms with Crippen LogP contribution < -0.4 is 10.6 Å². The minimum absolute atomic E-state index is 0.647. The number of hydrogen-bond acceptors (Lipinski definition) is 3. The molecular weight excluding hydrogens is 324 g/mol. The monoisotopic (exact) mass is 354 g/mol. The maximum atomic E-state index is 4.76. The predicted octanol–water partition coefficient (Wildman–Crippen LogP) is 2.82. The van der Waals surface area contributed by atoms with E-state index in [2.05, 4.69) is 63.5 Å². The van der Waals surface area contributed by atoms with Gasteiger partial charge in [0.25, 0.3) is 0 Å². The van der Waals surface area contributed by atoms with Crippen molar-refractivity contribution in [1.82, 2.24) is 25.4 Å². The van der Waals surface area contributed by atoms with E-state index in [1.807, 2.05) is 0 Å². The molecule has 1 aliphatic rings. The number of guanidine groups is 1. The number of aliphatic imine (C=N–C) groups is 1. The van der Waals surface area contributed by atoms with E-state index in [1.165, 1.54) is 30.4 Å². The molecule has 0 atom stereocenters. The Kier molecular flexibility index (Phi) is 6.63. The summed E-state index contributed by atoms with van der Waals surface area (Å²) in [5.41, 5.74) is 2.64. The van der Waals surface area contributed by atoms with Crippen molar-refractivity contribution in [3.8, 4) is 0 Å². The standard InChI is InChI=1S/C20H30N6/c1-3-16-10-7-8-11-17(16)14-22-20(21-4-2)23-15-19-25-24-18-12-6-5-9-13-26(18)19/h7-8,10-11H,3-6,9,12-15H2,1-2H3,(H2,21,22,23). The summed E-state index contributed by atoms with van der Waals surface area (Å²) in [7, 11) is 0. The summed E-state index contributed by atoms with van der Waals surface area (Å²) in [4.78, 5) is 4.76. The van der Waals surface area contributed by atoms with E-state index < -0.39 is 0 Å². The molecule has 0 bridgehead atoms. The number of nitrogens with one attached hydrogen (secondary N) is 2. The number of rotatable bonds is 6. The summed E-state index contributed by atoms with van der Waals surface area (Å²) in [6.07, 6.45) is 5.76. The summed E-state index contributed by atoms with van der Waals surface area (Å²) in [5.74, 6) is 2.95. The lowest BCUT2D eigenvalue weighted by molar-refractivity contribution is 0.596. The normalized spacial score (nSPS) is 14.6. The lowest BCUT2D eigenvalue weighted by Crippen LogP contribution is -2.37. The van der Waals surface area contributed by atoms with Crippen molar-refractivity contribution in [2.24, 2.45) is 4.99 Å². The first kappa shape index (κ1) is 18.4. The van der Waals surface area contributed by atoms with Gasteiger partial charge in [-0.15, -0.1) is 10.2 Å². The lowest BCUT2D eigenvalue weighted by atomic mass is 10.1. The minimum atomic E-state index is 0.647. The predicted molar refractivity (Wildman–Crippen MR) is 105 cm³/mol. The summed E-state index contributed by atoms with van der Waals surface area (Å²) in [6, 6.07) is 8.50. The summed E-state index contributed by atoms with van der Waals surface area (Å²) >= 11 is 0. The molecule has 0 aliphatic carbocycles. The van der Waals surface area contributed by atoms with E-state index in [-0.39, 0.29) is 0 Å². The van der Waals surface area contributed by atoms with Crippen LogP contribution in [0, 0.1) is 0 Å². The van der Waals surface area contributed by atoms with Gasteiger partial charge in [-0.3, -0.25) is 0 Å². The molecule has 1 aliphatic heterocycles. The van der Waals surface area contributed by atoms with Crippen LogP contribution in [0.3, 0.4) is 0 Å². The maximum absolute atomic E-state index is 4.76. The van der Waals surface area contributed by atoms with Crippen LogP contribution in [0.4, 0.5) is 0 Å². The van der Waals surface area contributed by atoms with Gasteiger partial charge in [0.15, 0.2) is 11.8 Å². The zero-order chi connectivity index (χ0) is 18.2. The van der Waals surface area contributed by atoms with Gasteiger partial charge in [-0.2, -0.15) is 0 Å². The van der Waals surface area contributed by atoms with Crippen molar-refractivity contribution in [2.45, 2.75) is 65.6 Å². The molecule has 6 nitrogen and oxygen atoms in total. The van der Waals surface area contributed by atoms with Crippen LogP contribution in [0.5, 0.6) is 0 Å². The molecule has 26 heavy (non-hydrogen) atoms. The Hall–Kier alpha value is -2.37. The van der Waals surface area contributed by atoms with Crippen molar-refractivity contribution < 1.29 is 0 Å². The second kappa shape index (κ2) is 9.36. The summed E-state index contributed by atoms with van der Waals surface area (Å²) in [6.45, 7) is 7.45. The minimum Gasteiger partial charge on any atom is -0.357 e. The van der Waals surface area contributed by atoms with Gasteiger partial charge in [-0.1, -0.05) is 37.6 Å². The molecule has 0 unspecified atom stereocenters. The van der Waals surface area contributed by atoms with Gasteiger partial charge in [0.05, 0.1) is 13.1 Å². The number of fused-ring (bicyclic) bond motifs is 1. The van der Waals surface area contributed by atoms with Gasteiger partial charge in [-0.25, -0.2) is 4.99 Å². The first-order valence-corrected chi connectivity index (χ1v) is 9.81. The summed E-state index contributed by atoms with van der Waals surface area (Å²) in [5, 5.41) is 15.5.